The highest BCUT2D eigenvalue weighted by atomic mass is 16.5. The average molecular weight is 399 g/mol. The number of aromatic nitrogens is 1. The van der Waals surface area contributed by atoms with Crippen LogP contribution in [0.2, 0.25) is 0 Å². The maximum absolute atomic E-state index is 13.8. The van der Waals surface area contributed by atoms with E-state index in [0.717, 1.165) is 37.0 Å². The van der Waals surface area contributed by atoms with Crippen LogP contribution < -0.4 is 0 Å². The van der Waals surface area contributed by atoms with Crippen LogP contribution >= 0.6 is 0 Å². The van der Waals surface area contributed by atoms with Crippen molar-refractivity contribution in [3.8, 4) is 0 Å². The summed E-state index contributed by atoms with van der Waals surface area (Å²) in [5.41, 5.74) is 1.01. The number of nitrogens with zero attached hydrogens (tertiary/aromatic N) is 1. The van der Waals surface area contributed by atoms with Crippen LogP contribution in [0.3, 0.4) is 0 Å². The molecule has 0 N–H and O–H groups in total. The number of hydrogen-bond donors (Lipinski definition) is 0. The first-order valence-corrected chi connectivity index (χ1v) is 10.2. The molecule has 1 saturated carbocycles. The van der Waals surface area contributed by atoms with E-state index in [2.05, 4.69) is 25.2 Å². The monoisotopic (exact) mass is 399 g/mol. The Hall–Kier alpha value is -2.63. The standard InChI is InChI=1S/C23H29NO5/c1-16-9-7-10-17(15-16)18-11-8-14-24(18)23(12-5-4-6-13-23)20(25)19(21(26)28-2)22(27)29-3/h7-8,10-11,14-16,19H,4-6,9,12-13H2,1-3H3. The number of esters is 2. The van der Waals surface area contributed by atoms with E-state index < -0.39 is 29.2 Å². The third-order valence-electron chi connectivity index (χ3n) is 6.05. The molecule has 2 aliphatic rings. The minimum absolute atomic E-state index is 0.411. The maximum atomic E-state index is 13.8. The number of methoxy groups -OCH3 is 2. The summed E-state index contributed by atoms with van der Waals surface area (Å²) in [6.07, 6.45) is 13.2. The van der Waals surface area contributed by atoms with Crippen LogP contribution in [0.5, 0.6) is 0 Å². The van der Waals surface area contributed by atoms with E-state index in [1.807, 2.05) is 22.9 Å². The molecule has 0 aromatic carbocycles. The fourth-order valence-corrected chi connectivity index (χ4v) is 4.56. The van der Waals surface area contributed by atoms with Crippen molar-refractivity contribution < 1.29 is 23.9 Å². The molecule has 156 valence electrons. The molecule has 0 bridgehead atoms. The molecule has 1 aromatic rings. The van der Waals surface area contributed by atoms with Gasteiger partial charge in [0.25, 0.3) is 0 Å². The summed E-state index contributed by atoms with van der Waals surface area (Å²) in [7, 11) is 2.36. The molecule has 1 aromatic heterocycles. The lowest BCUT2D eigenvalue weighted by molar-refractivity contribution is -0.164. The first kappa shape index (κ1) is 21.1. The van der Waals surface area contributed by atoms with Gasteiger partial charge >= 0.3 is 11.9 Å². The maximum Gasteiger partial charge on any atom is 0.327 e. The molecule has 1 heterocycles. The van der Waals surface area contributed by atoms with E-state index in [9.17, 15) is 14.4 Å². The van der Waals surface area contributed by atoms with E-state index in [1.165, 1.54) is 14.2 Å². The lowest BCUT2D eigenvalue weighted by Gasteiger charge is -2.40. The molecule has 0 aliphatic heterocycles. The number of allylic oxidation sites excluding steroid dienone is 4. The number of Topliss-reactive ketones (excluding diaryl/α,β-unsaturated/α-hetero) is 1. The highest BCUT2D eigenvalue weighted by Gasteiger charge is 2.50. The summed E-state index contributed by atoms with van der Waals surface area (Å²) in [6, 6.07) is 3.90. The first-order chi connectivity index (χ1) is 13.9. The molecular weight excluding hydrogens is 370 g/mol. The van der Waals surface area contributed by atoms with Crippen molar-refractivity contribution >= 4 is 23.3 Å². The lowest BCUT2D eigenvalue weighted by atomic mass is 9.74. The smallest absolute Gasteiger partial charge is 0.327 e. The van der Waals surface area contributed by atoms with E-state index in [4.69, 9.17) is 9.47 Å². The van der Waals surface area contributed by atoms with Gasteiger partial charge in [0.05, 0.1) is 14.2 Å². The Morgan fingerprint density at radius 3 is 2.34 bits per heavy atom. The van der Waals surface area contributed by atoms with Crippen LogP contribution in [0.25, 0.3) is 5.57 Å². The van der Waals surface area contributed by atoms with Crippen molar-refractivity contribution in [2.24, 2.45) is 11.8 Å². The molecule has 0 spiro atoms. The van der Waals surface area contributed by atoms with Gasteiger partial charge in [-0.25, -0.2) is 0 Å². The van der Waals surface area contributed by atoms with E-state index in [-0.39, 0.29) is 0 Å². The van der Waals surface area contributed by atoms with Gasteiger partial charge in [-0.3, -0.25) is 14.4 Å². The van der Waals surface area contributed by atoms with Crippen molar-refractivity contribution in [1.82, 2.24) is 4.57 Å². The van der Waals surface area contributed by atoms with Crippen molar-refractivity contribution in [2.75, 3.05) is 14.2 Å². The first-order valence-electron chi connectivity index (χ1n) is 10.2. The fraction of sp³-hybridized carbons (Fsp3) is 0.522. The van der Waals surface area contributed by atoms with Gasteiger partial charge in [0.2, 0.25) is 5.92 Å². The molecule has 0 radical (unpaired) electrons. The summed E-state index contributed by atoms with van der Waals surface area (Å²) < 4.78 is 11.5. The molecule has 1 unspecified atom stereocenters. The molecule has 2 aliphatic carbocycles. The van der Waals surface area contributed by atoms with Crippen LogP contribution in [-0.4, -0.2) is 36.5 Å². The van der Waals surface area contributed by atoms with Crippen molar-refractivity contribution in [1.29, 1.82) is 0 Å². The minimum Gasteiger partial charge on any atom is -0.468 e. The van der Waals surface area contributed by atoms with Crippen molar-refractivity contribution in [3.05, 3.63) is 42.3 Å². The molecule has 0 saturated heterocycles. The van der Waals surface area contributed by atoms with Crippen LogP contribution in [0, 0.1) is 11.8 Å². The second kappa shape index (κ2) is 8.80. The zero-order valence-electron chi connectivity index (χ0n) is 17.3. The Labute approximate surface area is 171 Å². The Bertz CT molecular complexity index is 825. The van der Waals surface area contributed by atoms with Gasteiger partial charge in [-0.05, 0) is 42.9 Å². The molecule has 29 heavy (non-hydrogen) atoms. The molecule has 6 heteroatoms. The van der Waals surface area contributed by atoms with Crippen LogP contribution in [0.4, 0.5) is 0 Å². The topological polar surface area (TPSA) is 74.6 Å². The Balaban J connectivity index is 2.10. The minimum atomic E-state index is -1.58. The summed E-state index contributed by atoms with van der Waals surface area (Å²) in [6.45, 7) is 2.16. The number of ether oxygens (including phenoxy) is 2. The highest BCUT2D eigenvalue weighted by molar-refractivity contribution is 6.17. The van der Waals surface area contributed by atoms with Crippen LogP contribution in [-0.2, 0) is 29.4 Å². The predicted octanol–water partition coefficient (Wildman–Crippen LogP) is 3.66. The van der Waals surface area contributed by atoms with Gasteiger partial charge in [-0.15, -0.1) is 0 Å². The zero-order chi connectivity index (χ0) is 21.0. The summed E-state index contributed by atoms with van der Waals surface area (Å²) >= 11 is 0. The summed E-state index contributed by atoms with van der Waals surface area (Å²) in [4.78, 5) is 38.5. The lowest BCUT2D eigenvalue weighted by Crippen LogP contribution is -2.51. The van der Waals surface area contributed by atoms with Gasteiger partial charge < -0.3 is 14.0 Å². The number of carbonyl (C=O) groups is 3. The highest BCUT2D eigenvalue weighted by Crippen LogP contribution is 2.41. The third-order valence-corrected chi connectivity index (χ3v) is 6.05. The van der Waals surface area contributed by atoms with Crippen molar-refractivity contribution in [3.63, 3.8) is 0 Å². The van der Waals surface area contributed by atoms with Gasteiger partial charge in [-0.1, -0.05) is 44.4 Å². The Morgan fingerprint density at radius 2 is 1.76 bits per heavy atom. The molecule has 1 fully saturated rings. The van der Waals surface area contributed by atoms with Crippen LogP contribution in [0.15, 0.2) is 36.6 Å². The van der Waals surface area contributed by atoms with Gasteiger partial charge in [0.1, 0.15) is 5.54 Å². The molecule has 0 amide bonds. The fourth-order valence-electron chi connectivity index (χ4n) is 4.56. The summed E-state index contributed by atoms with van der Waals surface area (Å²) in [5, 5.41) is 0. The summed E-state index contributed by atoms with van der Waals surface area (Å²) in [5.74, 6) is -3.35. The molecule has 3 rings (SSSR count). The normalized spacial score (nSPS) is 20.8. The van der Waals surface area contributed by atoms with Gasteiger partial charge in [-0.2, -0.15) is 0 Å². The largest absolute Gasteiger partial charge is 0.468 e. The molecular formula is C23H29NO5. The number of rotatable bonds is 6. The molecule has 1 atom stereocenters. The Morgan fingerprint density at radius 1 is 1.10 bits per heavy atom. The Kier molecular flexibility index (Phi) is 6.40. The van der Waals surface area contributed by atoms with E-state index in [0.29, 0.717) is 18.8 Å². The number of ketones is 1. The second-order valence-electron chi connectivity index (χ2n) is 7.94. The van der Waals surface area contributed by atoms with E-state index >= 15 is 0 Å². The van der Waals surface area contributed by atoms with Crippen LogP contribution in [0.1, 0.15) is 51.1 Å². The zero-order valence-corrected chi connectivity index (χ0v) is 17.3. The number of hydrogen-bond acceptors (Lipinski definition) is 5. The quantitative estimate of drug-likeness (QED) is 0.539. The predicted molar refractivity (Wildman–Crippen MR) is 109 cm³/mol. The van der Waals surface area contributed by atoms with Gasteiger partial charge in [0.15, 0.2) is 5.78 Å². The van der Waals surface area contributed by atoms with Crippen molar-refractivity contribution in [2.45, 2.75) is 51.0 Å². The average Bonchev–Trinajstić information content (AvgIpc) is 3.24. The second-order valence-corrected chi connectivity index (χ2v) is 7.94. The van der Waals surface area contributed by atoms with E-state index in [1.54, 1.807) is 0 Å². The molecule has 6 nitrogen and oxygen atoms in total. The third kappa shape index (κ3) is 3.93. The number of carbonyl (C=O) groups excluding carboxylic acids is 3. The SMILES string of the molecule is COC(=O)C(C(=O)OC)C(=O)C1(n2cccc2C2=CC(C)CC=C2)CCCCC1. The van der Waals surface area contributed by atoms with Gasteiger partial charge in [0, 0.05) is 11.9 Å².